The number of nitrogens with zero attached hydrogens (tertiary/aromatic N) is 2. The first-order valence-electron chi connectivity index (χ1n) is 7.43. The number of sulfonamides is 1. The number of hydrogen-bond acceptors (Lipinski definition) is 7. The van der Waals surface area contributed by atoms with Crippen molar-refractivity contribution < 1.29 is 27.2 Å². The van der Waals surface area contributed by atoms with Crippen molar-refractivity contribution >= 4 is 21.7 Å². The molecule has 0 radical (unpaired) electrons. The summed E-state index contributed by atoms with van der Waals surface area (Å²) in [6, 6.07) is 6.35. The molecule has 0 bridgehead atoms. The second-order valence-electron chi connectivity index (χ2n) is 5.45. The summed E-state index contributed by atoms with van der Waals surface area (Å²) in [5, 5.41) is 6.38. The van der Waals surface area contributed by atoms with Gasteiger partial charge in [0.05, 0.1) is 12.8 Å². The molecule has 1 aromatic carbocycles. The van der Waals surface area contributed by atoms with E-state index >= 15 is 0 Å². The van der Waals surface area contributed by atoms with E-state index in [1.807, 2.05) is 0 Å². The van der Waals surface area contributed by atoms with Crippen molar-refractivity contribution in [3.05, 3.63) is 35.6 Å². The van der Waals surface area contributed by atoms with Crippen LogP contribution in [0, 0.1) is 6.92 Å². The van der Waals surface area contributed by atoms with E-state index in [2.05, 4.69) is 10.5 Å². The van der Waals surface area contributed by atoms with Crippen molar-refractivity contribution in [1.82, 2.24) is 10.5 Å². The summed E-state index contributed by atoms with van der Waals surface area (Å²) in [5.41, 5.74) is 0.396. The van der Waals surface area contributed by atoms with Crippen molar-refractivity contribution in [3.8, 4) is 11.5 Å². The molecule has 0 atom stereocenters. The highest BCUT2D eigenvalue weighted by Gasteiger charge is 2.21. The van der Waals surface area contributed by atoms with Crippen LogP contribution in [-0.4, -0.2) is 45.6 Å². The Hall–Kier alpha value is -2.75. The first-order chi connectivity index (χ1) is 11.8. The van der Waals surface area contributed by atoms with Gasteiger partial charge < -0.3 is 19.3 Å². The predicted octanol–water partition coefficient (Wildman–Crippen LogP) is 0.908. The number of aromatic nitrogens is 1. The molecule has 1 aliphatic rings. The van der Waals surface area contributed by atoms with Gasteiger partial charge in [0.15, 0.2) is 17.3 Å². The number of rotatable bonds is 6. The molecule has 10 heteroatoms. The number of fused-ring (bicyclic) bond motifs is 1. The van der Waals surface area contributed by atoms with Gasteiger partial charge in [0.2, 0.25) is 16.8 Å². The number of hydrogen-bond donors (Lipinski definition) is 1. The Morgan fingerprint density at radius 3 is 2.72 bits per heavy atom. The molecule has 0 fully saturated rings. The second kappa shape index (κ2) is 6.63. The normalized spacial score (nSPS) is 12.9. The highest BCUT2D eigenvalue weighted by atomic mass is 32.2. The zero-order chi connectivity index (χ0) is 18.0. The summed E-state index contributed by atoms with van der Waals surface area (Å²) in [6.07, 6.45) is 1.07. The molecule has 1 amide bonds. The molecule has 3 rings (SSSR count). The molecule has 1 aromatic heterocycles. The lowest BCUT2D eigenvalue weighted by atomic mass is 10.2. The molecular weight excluding hydrogens is 350 g/mol. The maximum atomic E-state index is 12.2. The number of ether oxygens (including phenoxy) is 2. The molecule has 0 saturated carbocycles. The Kier molecular flexibility index (Phi) is 4.53. The fraction of sp³-hybridized carbons (Fsp3) is 0.333. The number of aryl methyl sites for hydroxylation is 1. The minimum absolute atomic E-state index is 0.0289. The molecule has 134 valence electrons. The monoisotopic (exact) mass is 367 g/mol. The standard InChI is InChI=1S/C15H17N3O6S/c1-10-7-14(17-24-10)18(25(2,20)21)6-5-16-15(19)11-3-4-12-13(8-11)23-9-22-12/h3-4,7-8H,5-6,9H2,1-2H3,(H,16,19). The summed E-state index contributed by atoms with van der Waals surface area (Å²) < 4.78 is 40.2. The van der Waals surface area contributed by atoms with Crippen LogP contribution in [0.4, 0.5) is 5.82 Å². The van der Waals surface area contributed by atoms with Crippen LogP contribution in [-0.2, 0) is 10.0 Å². The Bertz CT molecular complexity index is 892. The molecule has 2 heterocycles. The third-order valence-corrected chi connectivity index (χ3v) is 4.68. The van der Waals surface area contributed by atoms with Crippen LogP contribution in [0.3, 0.4) is 0 Å². The lowest BCUT2D eigenvalue weighted by Crippen LogP contribution is -2.38. The van der Waals surface area contributed by atoms with Gasteiger partial charge in [0.25, 0.3) is 5.91 Å². The van der Waals surface area contributed by atoms with Crippen molar-refractivity contribution in [3.63, 3.8) is 0 Å². The van der Waals surface area contributed by atoms with E-state index in [0.29, 0.717) is 22.8 Å². The first-order valence-corrected chi connectivity index (χ1v) is 9.28. The van der Waals surface area contributed by atoms with E-state index in [1.165, 1.54) is 6.07 Å². The first kappa shape index (κ1) is 17.1. The zero-order valence-corrected chi connectivity index (χ0v) is 14.5. The summed E-state index contributed by atoms with van der Waals surface area (Å²) in [4.78, 5) is 12.2. The van der Waals surface area contributed by atoms with E-state index in [1.54, 1.807) is 25.1 Å². The largest absolute Gasteiger partial charge is 0.454 e. The number of amides is 1. The van der Waals surface area contributed by atoms with Crippen LogP contribution in [0.2, 0.25) is 0 Å². The van der Waals surface area contributed by atoms with Crippen LogP contribution in [0.25, 0.3) is 0 Å². The quantitative estimate of drug-likeness (QED) is 0.808. The highest BCUT2D eigenvalue weighted by molar-refractivity contribution is 7.92. The van der Waals surface area contributed by atoms with Gasteiger partial charge in [-0.1, -0.05) is 5.16 Å². The topological polar surface area (TPSA) is 111 Å². The molecule has 2 aromatic rings. The van der Waals surface area contributed by atoms with Crippen LogP contribution in [0.5, 0.6) is 11.5 Å². The smallest absolute Gasteiger partial charge is 0.251 e. The molecule has 0 saturated heterocycles. The minimum Gasteiger partial charge on any atom is -0.454 e. The number of nitrogens with one attached hydrogen (secondary N) is 1. The van der Waals surface area contributed by atoms with E-state index in [0.717, 1.165) is 10.6 Å². The number of carbonyl (C=O) groups excluding carboxylic acids is 1. The van der Waals surface area contributed by atoms with Crippen molar-refractivity contribution in [2.24, 2.45) is 0 Å². The van der Waals surface area contributed by atoms with E-state index < -0.39 is 10.0 Å². The third kappa shape index (κ3) is 3.85. The fourth-order valence-electron chi connectivity index (χ4n) is 2.33. The van der Waals surface area contributed by atoms with E-state index in [9.17, 15) is 13.2 Å². The van der Waals surface area contributed by atoms with Crippen LogP contribution >= 0.6 is 0 Å². The molecule has 1 aliphatic heterocycles. The van der Waals surface area contributed by atoms with Gasteiger partial charge in [-0.05, 0) is 25.1 Å². The Morgan fingerprint density at radius 1 is 1.28 bits per heavy atom. The van der Waals surface area contributed by atoms with E-state index in [4.69, 9.17) is 14.0 Å². The van der Waals surface area contributed by atoms with E-state index in [-0.39, 0.29) is 31.6 Å². The van der Waals surface area contributed by atoms with Gasteiger partial charge in [-0.25, -0.2) is 12.7 Å². The zero-order valence-electron chi connectivity index (χ0n) is 13.7. The van der Waals surface area contributed by atoms with Gasteiger partial charge in [0.1, 0.15) is 5.76 Å². The average Bonchev–Trinajstić information content (AvgIpc) is 3.17. The molecular formula is C15H17N3O6S. The third-order valence-electron chi connectivity index (χ3n) is 3.51. The van der Waals surface area contributed by atoms with Crippen molar-refractivity contribution in [1.29, 1.82) is 0 Å². The molecule has 25 heavy (non-hydrogen) atoms. The number of anilines is 1. The Morgan fingerprint density at radius 2 is 2.04 bits per heavy atom. The second-order valence-corrected chi connectivity index (χ2v) is 7.36. The Labute approximate surface area is 144 Å². The van der Waals surface area contributed by atoms with Crippen molar-refractivity contribution in [2.75, 3.05) is 30.4 Å². The lowest BCUT2D eigenvalue weighted by molar-refractivity contribution is 0.0954. The van der Waals surface area contributed by atoms with Crippen LogP contribution in [0.15, 0.2) is 28.8 Å². The lowest BCUT2D eigenvalue weighted by Gasteiger charge is -2.19. The molecule has 9 nitrogen and oxygen atoms in total. The van der Waals surface area contributed by atoms with Crippen LogP contribution < -0.4 is 19.1 Å². The molecule has 0 unspecified atom stereocenters. The van der Waals surface area contributed by atoms with Gasteiger partial charge in [0, 0.05) is 18.2 Å². The maximum Gasteiger partial charge on any atom is 0.251 e. The number of benzene rings is 1. The predicted molar refractivity (Wildman–Crippen MR) is 88.3 cm³/mol. The SMILES string of the molecule is Cc1cc(N(CCNC(=O)c2ccc3c(c2)OCO3)S(C)(=O)=O)no1. The number of carbonyl (C=O) groups is 1. The van der Waals surface area contributed by atoms with Gasteiger partial charge >= 0.3 is 0 Å². The van der Waals surface area contributed by atoms with Crippen molar-refractivity contribution in [2.45, 2.75) is 6.92 Å². The summed E-state index contributed by atoms with van der Waals surface area (Å²) in [6.45, 7) is 1.92. The summed E-state index contributed by atoms with van der Waals surface area (Å²) in [5.74, 6) is 1.41. The fourth-order valence-corrected chi connectivity index (χ4v) is 3.18. The van der Waals surface area contributed by atoms with Crippen LogP contribution in [0.1, 0.15) is 16.1 Å². The molecule has 0 spiro atoms. The van der Waals surface area contributed by atoms with Gasteiger partial charge in [-0.2, -0.15) is 0 Å². The average molecular weight is 367 g/mol. The maximum absolute atomic E-state index is 12.2. The van der Waals surface area contributed by atoms with Gasteiger partial charge in [-0.15, -0.1) is 0 Å². The minimum atomic E-state index is -3.55. The highest BCUT2D eigenvalue weighted by Crippen LogP contribution is 2.32. The molecule has 0 aliphatic carbocycles. The summed E-state index contributed by atoms with van der Waals surface area (Å²) in [7, 11) is -3.55. The Balaban J connectivity index is 1.63. The van der Waals surface area contributed by atoms with Gasteiger partial charge in [-0.3, -0.25) is 4.79 Å². The summed E-state index contributed by atoms with van der Waals surface area (Å²) >= 11 is 0. The molecule has 1 N–H and O–H groups in total.